The predicted molar refractivity (Wildman–Crippen MR) is 103 cm³/mol. The summed E-state index contributed by atoms with van der Waals surface area (Å²) >= 11 is 11.4. The Balaban J connectivity index is 1.80. The molecule has 24 heavy (non-hydrogen) atoms. The first-order chi connectivity index (χ1) is 11.5. The van der Waals surface area contributed by atoms with E-state index >= 15 is 0 Å². The lowest BCUT2D eigenvalue weighted by molar-refractivity contribution is 0.287. The van der Waals surface area contributed by atoms with Crippen LogP contribution in [0.2, 0.25) is 5.02 Å². The Kier molecular flexibility index (Phi) is 6.70. The third kappa shape index (κ3) is 5.58. The minimum absolute atomic E-state index is 0.0556. The molecule has 0 heterocycles. The molecule has 1 unspecified atom stereocenters. The molecule has 1 atom stereocenters. The van der Waals surface area contributed by atoms with E-state index < -0.39 is 0 Å². The van der Waals surface area contributed by atoms with Crippen LogP contribution in [0.5, 0.6) is 11.5 Å². The summed E-state index contributed by atoms with van der Waals surface area (Å²) in [6.45, 7) is 4.56. The number of anilines is 1. The standard InChI is InChI=1S/C18H21ClN2O2S/c1-12-4-7-15(8-5-12)23-11-13(2)20-18(24)21-14-6-9-17(22-3)16(19)10-14/h4-10,13H,11H2,1-3H3,(H2,20,21,24). The summed E-state index contributed by atoms with van der Waals surface area (Å²) < 4.78 is 10.9. The lowest BCUT2D eigenvalue weighted by atomic mass is 10.2. The van der Waals surface area contributed by atoms with Crippen LogP contribution in [-0.2, 0) is 0 Å². The van der Waals surface area contributed by atoms with E-state index in [0.29, 0.717) is 22.5 Å². The fourth-order valence-electron chi connectivity index (χ4n) is 2.03. The molecule has 0 saturated carbocycles. The van der Waals surface area contributed by atoms with Crippen molar-refractivity contribution in [1.82, 2.24) is 5.32 Å². The quantitative estimate of drug-likeness (QED) is 0.743. The number of benzene rings is 2. The molecule has 6 heteroatoms. The lowest BCUT2D eigenvalue weighted by Crippen LogP contribution is -2.39. The van der Waals surface area contributed by atoms with Crippen LogP contribution >= 0.6 is 23.8 Å². The van der Waals surface area contributed by atoms with Crippen LogP contribution in [0, 0.1) is 6.92 Å². The zero-order valence-electron chi connectivity index (χ0n) is 13.9. The molecule has 0 amide bonds. The first-order valence-corrected chi connectivity index (χ1v) is 8.37. The number of aryl methyl sites for hydroxylation is 1. The van der Waals surface area contributed by atoms with Gasteiger partial charge in [-0.15, -0.1) is 0 Å². The molecule has 2 aromatic carbocycles. The molecule has 0 bridgehead atoms. The highest BCUT2D eigenvalue weighted by atomic mass is 35.5. The fourth-order valence-corrected chi connectivity index (χ4v) is 2.61. The molecule has 0 saturated heterocycles. The first kappa shape index (κ1) is 18.4. The number of rotatable bonds is 6. The number of nitrogens with one attached hydrogen (secondary N) is 2. The Morgan fingerprint density at radius 2 is 1.92 bits per heavy atom. The number of hydrogen-bond acceptors (Lipinski definition) is 3. The average molecular weight is 365 g/mol. The van der Waals surface area contributed by atoms with Gasteiger partial charge in [0.15, 0.2) is 5.11 Å². The van der Waals surface area contributed by atoms with Gasteiger partial charge in [-0.25, -0.2) is 0 Å². The molecule has 0 aliphatic heterocycles. The minimum atomic E-state index is 0.0556. The maximum absolute atomic E-state index is 6.10. The van der Waals surface area contributed by atoms with Gasteiger partial charge in [-0.1, -0.05) is 29.3 Å². The molecule has 0 aliphatic rings. The van der Waals surface area contributed by atoms with Gasteiger partial charge in [-0.3, -0.25) is 0 Å². The van der Waals surface area contributed by atoms with E-state index in [9.17, 15) is 0 Å². The van der Waals surface area contributed by atoms with Gasteiger partial charge in [0, 0.05) is 5.69 Å². The summed E-state index contributed by atoms with van der Waals surface area (Å²) in [6, 6.07) is 13.4. The highest BCUT2D eigenvalue weighted by molar-refractivity contribution is 7.80. The van der Waals surface area contributed by atoms with Crippen LogP contribution in [-0.4, -0.2) is 24.9 Å². The van der Waals surface area contributed by atoms with Crippen molar-refractivity contribution in [2.24, 2.45) is 0 Å². The molecule has 0 radical (unpaired) electrons. The Morgan fingerprint density at radius 1 is 1.21 bits per heavy atom. The van der Waals surface area contributed by atoms with Gasteiger partial charge >= 0.3 is 0 Å². The Labute approximate surface area is 153 Å². The first-order valence-electron chi connectivity index (χ1n) is 7.58. The number of thiocarbonyl (C=S) groups is 1. The van der Waals surface area contributed by atoms with Gasteiger partial charge in [-0.05, 0) is 56.4 Å². The molecule has 128 valence electrons. The zero-order chi connectivity index (χ0) is 17.5. The second kappa shape index (κ2) is 8.76. The molecular formula is C18H21ClN2O2S. The number of ether oxygens (including phenoxy) is 2. The van der Waals surface area contributed by atoms with Crippen LogP contribution in [0.3, 0.4) is 0 Å². The zero-order valence-corrected chi connectivity index (χ0v) is 15.5. The van der Waals surface area contributed by atoms with Crippen molar-refractivity contribution in [2.75, 3.05) is 19.0 Å². The monoisotopic (exact) mass is 364 g/mol. The van der Waals surface area contributed by atoms with Gasteiger partial charge in [0.1, 0.15) is 18.1 Å². The molecule has 0 aliphatic carbocycles. The van der Waals surface area contributed by atoms with Crippen molar-refractivity contribution in [3.05, 3.63) is 53.1 Å². The van der Waals surface area contributed by atoms with Crippen LogP contribution < -0.4 is 20.1 Å². The van der Waals surface area contributed by atoms with E-state index in [0.717, 1.165) is 11.4 Å². The van der Waals surface area contributed by atoms with Crippen molar-refractivity contribution in [2.45, 2.75) is 19.9 Å². The molecule has 0 aromatic heterocycles. The smallest absolute Gasteiger partial charge is 0.171 e. The van der Waals surface area contributed by atoms with Gasteiger partial charge in [0.05, 0.1) is 18.2 Å². The van der Waals surface area contributed by atoms with Crippen LogP contribution in [0.15, 0.2) is 42.5 Å². The molecule has 0 fully saturated rings. The van der Waals surface area contributed by atoms with Crippen LogP contribution in [0.25, 0.3) is 0 Å². The maximum Gasteiger partial charge on any atom is 0.171 e. The largest absolute Gasteiger partial charge is 0.495 e. The van der Waals surface area contributed by atoms with E-state index in [1.165, 1.54) is 5.56 Å². The van der Waals surface area contributed by atoms with E-state index in [2.05, 4.69) is 10.6 Å². The highest BCUT2D eigenvalue weighted by Gasteiger charge is 2.07. The van der Waals surface area contributed by atoms with Gasteiger partial charge < -0.3 is 20.1 Å². The van der Waals surface area contributed by atoms with Gasteiger partial charge in [0.25, 0.3) is 0 Å². The normalized spacial score (nSPS) is 11.5. The van der Waals surface area contributed by atoms with E-state index in [1.807, 2.05) is 44.2 Å². The third-order valence-corrected chi connectivity index (χ3v) is 3.82. The van der Waals surface area contributed by atoms with Crippen molar-refractivity contribution < 1.29 is 9.47 Å². The van der Waals surface area contributed by atoms with E-state index in [-0.39, 0.29) is 6.04 Å². The summed E-state index contributed by atoms with van der Waals surface area (Å²) in [5.41, 5.74) is 2.00. The van der Waals surface area contributed by atoms with Gasteiger partial charge in [0.2, 0.25) is 0 Å². The minimum Gasteiger partial charge on any atom is -0.495 e. The molecular weight excluding hydrogens is 344 g/mol. The average Bonchev–Trinajstić information content (AvgIpc) is 2.54. The van der Waals surface area contributed by atoms with Crippen molar-refractivity contribution in [1.29, 1.82) is 0 Å². The predicted octanol–water partition coefficient (Wildman–Crippen LogP) is 4.41. The third-order valence-electron chi connectivity index (χ3n) is 3.31. The Hall–Kier alpha value is -1.98. The molecule has 0 spiro atoms. The number of hydrogen-bond donors (Lipinski definition) is 2. The molecule has 2 N–H and O–H groups in total. The summed E-state index contributed by atoms with van der Waals surface area (Å²) in [5.74, 6) is 1.47. The summed E-state index contributed by atoms with van der Waals surface area (Å²) in [7, 11) is 1.58. The lowest BCUT2D eigenvalue weighted by Gasteiger charge is -2.18. The van der Waals surface area contributed by atoms with Crippen molar-refractivity contribution in [3.8, 4) is 11.5 Å². The molecule has 4 nitrogen and oxygen atoms in total. The van der Waals surface area contributed by atoms with Gasteiger partial charge in [-0.2, -0.15) is 0 Å². The summed E-state index contributed by atoms with van der Waals surface area (Å²) in [6.07, 6.45) is 0. The SMILES string of the molecule is COc1ccc(NC(=S)NC(C)COc2ccc(C)cc2)cc1Cl. The van der Waals surface area contributed by atoms with E-state index in [4.69, 9.17) is 33.3 Å². The molecule has 2 aromatic rings. The van der Waals surface area contributed by atoms with Crippen LogP contribution in [0.1, 0.15) is 12.5 Å². The van der Waals surface area contributed by atoms with Crippen molar-refractivity contribution >= 4 is 34.6 Å². The maximum atomic E-state index is 6.10. The van der Waals surface area contributed by atoms with E-state index in [1.54, 1.807) is 19.2 Å². The van der Waals surface area contributed by atoms with Crippen LogP contribution in [0.4, 0.5) is 5.69 Å². The Bertz CT molecular complexity index is 692. The second-order valence-electron chi connectivity index (χ2n) is 5.47. The summed E-state index contributed by atoms with van der Waals surface area (Å²) in [5, 5.41) is 7.31. The topological polar surface area (TPSA) is 42.5 Å². The highest BCUT2D eigenvalue weighted by Crippen LogP contribution is 2.27. The number of halogens is 1. The fraction of sp³-hybridized carbons (Fsp3) is 0.278. The summed E-state index contributed by atoms with van der Waals surface area (Å²) in [4.78, 5) is 0. The molecule has 2 rings (SSSR count). The number of methoxy groups -OCH3 is 1. The Morgan fingerprint density at radius 3 is 2.54 bits per heavy atom. The van der Waals surface area contributed by atoms with Crippen molar-refractivity contribution in [3.63, 3.8) is 0 Å². The second-order valence-corrected chi connectivity index (χ2v) is 6.29.